The van der Waals surface area contributed by atoms with E-state index in [4.69, 9.17) is 14.2 Å². The third-order valence-electron chi connectivity index (χ3n) is 6.58. The van der Waals surface area contributed by atoms with Crippen LogP contribution in [0.1, 0.15) is 37.3 Å². The lowest BCUT2D eigenvalue weighted by Crippen LogP contribution is -2.43. The van der Waals surface area contributed by atoms with Crippen molar-refractivity contribution in [3.63, 3.8) is 0 Å². The van der Waals surface area contributed by atoms with Crippen LogP contribution in [-0.2, 0) is 10.2 Å². The van der Waals surface area contributed by atoms with E-state index in [1.54, 1.807) is 12.3 Å². The fourth-order valence-corrected chi connectivity index (χ4v) is 5.03. The second kappa shape index (κ2) is 7.65. The number of benzene rings is 2. The second-order valence-corrected chi connectivity index (χ2v) is 8.48. The summed E-state index contributed by atoms with van der Waals surface area (Å²) in [6, 6.07) is 11.5. The van der Waals surface area contributed by atoms with Crippen LogP contribution in [0, 0.1) is 0 Å². The number of nitrogens with zero attached hydrogens (tertiary/aromatic N) is 3. The number of carbonyl (C=O) groups excluding carboxylic acids is 1. The molecular weight excluding hydrogens is 420 g/mol. The maximum absolute atomic E-state index is 14.2. The number of rotatable bonds is 6. The average Bonchev–Trinajstić information content (AvgIpc) is 3.51. The molecule has 6 rings (SSSR count). The van der Waals surface area contributed by atoms with Crippen LogP contribution in [0.15, 0.2) is 48.9 Å². The zero-order valence-electron chi connectivity index (χ0n) is 18.3. The predicted molar refractivity (Wildman–Crippen MR) is 122 cm³/mol. The van der Waals surface area contributed by atoms with Crippen molar-refractivity contribution >= 4 is 23.1 Å². The first kappa shape index (κ1) is 19.8. The van der Waals surface area contributed by atoms with Crippen LogP contribution in [-0.4, -0.2) is 35.8 Å². The van der Waals surface area contributed by atoms with E-state index in [9.17, 15) is 4.79 Å². The highest BCUT2D eigenvalue weighted by Crippen LogP contribution is 2.57. The molecule has 4 heterocycles. The summed E-state index contributed by atoms with van der Waals surface area (Å²) in [4.78, 5) is 24.4. The first-order valence-corrected chi connectivity index (χ1v) is 11.3. The van der Waals surface area contributed by atoms with E-state index in [0.29, 0.717) is 29.6 Å². The standard InChI is InChI=1S/C25H24N4O4/c1-2-3-4-10-29-18-7-5-6-17(28-22-8-9-26-14-27-22)23(18)25(24(29)30)13-31-19-12-21-20(11-16(19)25)32-15-33-21/h5-9,11-12,14H,2-4,10,13,15H2,1H3,(H,26,27,28). The molecule has 3 aliphatic rings. The third-order valence-corrected chi connectivity index (χ3v) is 6.58. The Labute approximate surface area is 191 Å². The van der Waals surface area contributed by atoms with Crippen LogP contribution in [0.25, 0.3) is 0 Å². The molecule has 0 saturated carbocycles. The van der Waals surface area contributed by atoms with Gasteiger partial charge in [-0.3, -0.25) is 4.79 Å². The molecule has 1 N–H and O–H groups in total. The SMILES string of the molecule is CCCCCN1C(=O)C2(COc3cc4c(cc32)OCO4)c2c(Nc3ccncn3)cccc21. The Morgan fingerprint density at radius 3 is 2.79 bits per heavy atom. The summed E-state index contributed by atoms with van der Waals surface area (Å²) in [5.41, 5.74) is 2.49. The second-order valence-electron chi connectivity index (χ2n) is 8.48. The molecule has 8 heteroatoms. The molecule has 0 aliphatic carbocycles. The highest BCUT2D eigenvalue weighted by molar-refractivity contribution is 6.13. The van der Waals surface area contributed by atoms with Crippen molar-refractivity contribution < 1.29 is 19.0 Å². The third kappa shape index (κ3) is 2.93. The Hall–Kier alpha value is -3.81. The number of hydrogen-bond acceptors (Lipinski definition) is 7. The molecule has 168 valence electrons. The fourth-order valence-electron chi connectivity index (χ4n) is 5.03. The number of anilines is 3. The molecule has 1 atom stereocenters. The number of hydrogen-bond donors (Lipinski definition) is 1. The largest absolute Gasteiger partial charge is 0.491 e. The number of amides is 1. The molecule has 33 heavy (non-hydrogen) atoms. The molecule has 0 saturated heterocycles. The molecule has 1 aromatic heterocycles. The zero-order chi connectivity index (χ0) is 22.4. The van der Waals surface area contributed by atoms with E-state index < -0.39 is 5.41 Å². The van der Waals surface area contributed by atoms with Gasteiger partial charge in [-0.15, -0.1) is 0 Å². The average molecular weight is 444 g/mol. The lowest BCUT2D eigenvalue weighted by Gasteiger charge is -2.24. The Morgan fingerprint density at radius 1 is 1.09 bits per heavy atom. The number of aromatic nitrogens is 2. The van der Waals surface area contributed by atoms with Crippen LogP contribution in [0.4, 0.5) is 17.2 Å². The Morgan fingerprint density at radius 2 is 1.97 bits per heavy atom. The molecule has 3 aromatic rings. The summed E-state index contributed by atoms with van der Waals surface area (Å²) in [6.07, 6.45) is 6.28. The van der Waals surface area contributed by atoms with E-state index in [-0.39, 0.29) is 19.3 Å². The number of fused-ring (bicyclic) bond motifs is 5. The van der Waals surface area contributed by atoms with Crippen molar-refractivity contribution in [1.82, 2.24) is 9.97 Å². The topological polar surface area (TPSA) is 85.8 Å². The van der Waals surface area contributed by atoms with Crippen molar-refractivity contribution in [3.05, 3.63) is 60.0 Å². The fraction of sp³-hybridized carbons (Fsp3) is 0.320. The molecule has 1 unspecified atom stereocenters. The summed E-state index contributed by atoms with van der Waals surface area (Å²) in [5, 5.41) is 3.41. The molecule has 0 fully saturated rings. The molecular formula is C25H24N4O4. The van der Waals surface area contributed by atoms with Gasteiger partial charge in [-0.25, -0.2) is 9.97 Å². The Bertz CT molecular complexity index is 1230. The van der Waals surface area contributed by atoms with Gasteiger partial charge in [0.25, 0.3) is 0 Å². The minimum Gasteiger partial charge on any atom is -0.491 e. The summed E-state index contributed by atoms with van der Waals surface area (Å²) in [6.45, 7) is 3.22. The van der Waals surface area contributed by atoms with E-state index in [1.165, 1.54) is 6.33 Å². The quantitative estimate of drug-likeness (QED) is 0.571. The first-order valence-electron chi connectivity index (χ1n) is 11.3. The Balaban J connectivity index is 1.52. The molecule has 1 spiro atoms. The highest BCUT2D eigenvalue weighted by atomic mass is 16.7. The van der Waals surface area contributed by atoms with Gasteiger partial charge in [-0.2, -0.15) is 0 Å². The summed E-state index contributed by atoms with van der Waals surface area (Å²) in [7, 11) is 0. The highest BCUT2D eigenvalue weighted by Gasteiger charge is 2.58. The number of nitrogens with one attached hydrogen (secondary N) is 1. The van der Waals surface area contributed by atoms with Crippen molar-refractivity contribution in [2.24, 2.45) is 0 Å². The van der Waals surface area contributed by atoms with Gasteiger partial charge in [0, 0.05) is 35.6 Å². The van der Waals surface area contributed by atoms with E-state index in [1.807, 2.05) is 35.2 Å². The van der Waals surface area contributed by atoms with Crippen LogP contribution in [0.3, 0.4) is 0 Å². The number of unbranched alkanes of at least 4 members (excludes halogenated alkanes) is 2. The minimum atomic E-state index is -0.964. The molecule has 0 bridgehead atoms. The van der Waals surface area contributed by atoms with Gasteiger partial charge in [0.2, 0.25) is 12.7 Å². The predicted octanol–water partition coefficient (Wildman–Crippen LogP) is 4.16. The van der Waals surface area contributed by atoms with E-state index in [2.05, 4.69) is 22.2 Å². The maximum Gasteiger partial charge on any atom is 0.245 e. The summed E-state index contributed by atoms with van der Waals surface area (Å²) < 4.78 is 17.3. The van der Waals surface area contributed by atoms with Crippen molar-refractivity contribution in [3.8, 4) is 17.2 Å². The molecule has 3 aliphatic heterocycles. The lowest BCUT2D eigenvalue weighted by atomic mass is 9.76. The van der Waals surface area contributed by atoms with Gasteiger partial charge >= 0.3 is 0 Å². The van der Waals surface area contributed by atoms with Gasteiger partial charge in [-0.05, 0) is 30.7 Å². The molecule has 0 radical (unpaired) electrons. The lowest BCUT2D eigenvalue weighted by molar-refractivity contribution is -0.122. The molecule has 2 aromatic carbocycles. The van der Waals surface area contributed by atoms with Gasteiger partial charge in [0.1, 0.15) is 29.9 Å². The van der Waals surface area contributed by atoms with E-state index >= 15 is 0 Å². The van der Waals surface area contributed by atoms with Gasteiger partial charge in [0.15, 0.2) is 11.5 Å². The number of ether oxygens (including phenoxy) is 3. The van der Waals surface area contributed by atoms with Crippen LogP contribution < -0.4 is 24.4 Å². The van der Waals surface area contributed by atoms with Crippen LogP contribution in [0.2, 0.25) is 0 Å². The number of carbonyl (C=O) groups is 1. The maximum atomic E-state index is 14.2. The van der Waals surface area contributed by atoms with Gasteiger partial charge in [0.05, 0.1) is 5.69 Å². The molecule has 1 amide bonds. The monoisotopic (exact) mass is 444 g/mol. The Kier molecular flexibility index (Phi) is 4.60. The minimum absolute atomic E-state index is 0.0307. The van der Waals surface area contributed by atoms with Crippen molar-refractivity contribution in [1.29, 1.82) is 0 Å². The van der Waals surface area contributed by atoms with Gasteiger partial charge in [-0.1, -0.05) is 25.8 Å². The summed E-state index contributed by atoms with van der Waals surface area (Å²) in [5.74, 6) is 2.63. The summed E-state index contributed by atoms with van der Waals surface area (Å²) >= 11 is 0. The van der Waals surface area contributed by atoms with Crippen molar-refractivity contribution in [2.75, 3.05) is 30.2 Å². The molecule has 8 nitrogen and oxygen atoms in total. The van der Waals surface area contributed by atoms with Crippen molar-refractivity contribution in [2.45, 2.75) is 31.6 Å². The van der Waals surface area contributed by atoms with Gasteiger partial charge < -0.3 is 24.4 Å². The zero-order valence-corrected chi connectivity index (χ0v) is 18.3. The van der Waals surface area contributed by atoms with E-state index in [0.717, 1.165) is 41.8 Å². The smallest absolute Gasteiger partial charge is 0.245 e. The first-order chi connectivity index (χ1) is 16.2. The normalized spacial score (nSPS) is 19.5. The van der Waals surface area contributed by atoms with Crippen LogP contribution >= 0.6 is 0 Å². The van der Waals surface area contributed by atoms with Crippen LogP contribution in [0.5, 0.6) is 17.2 Å².